The van der Waals surface area contributed by atoms with Crippen LogP contribution in [0.3, 0.4) is 0 Å². The number of rotatable bonds is 4. The number of benzene rings is 2. The molecule has 1 N–H and O–H groups in total. The minimum atomic E-state index is -0.753. The summed E-state index contributed by atoms with van der Waals surface area (Å²) < 4.78 is 0.987. The van der Waals surface area contributed by atoms with Gasteiger partial charge in [0.05, 0.1) is 17.3 Å². The number of oxime groups is 1. The molecule has 0 spiro atoms. The fourth-order valence-electron chi connectivity index (χ4n) is 3.37. The van der Waals surface area contributed by atoms with Gasteiger partial charge in [-0.2, -0.15) is 10.2 Å². The SMILES string of the molecule is C/C(=N/O)[C@@](c1ccc(Br)cc1)(c1ccnnc1)c1ccccc1C. The second-order valence-corrected chi connectivity index (χ2v) is 6.80. The third-order valence-electron chi connectivity index (χ3n) is 4.54. The Morgan fingerprint density at radius 3 is 2.32 bits per heavy atom. The molecule has 1 atom stereocenters. The Morgan fingerprint density at radius 2 is 1.72 bits per heavy atom. The molecule has 0 unspecified atom stereocenters. The van der Waals surface area contributed by atoms with Gasteiger partial charge in [-0.05, 0) is 54.3 Å². The molecule has 0 bridgehead atoms. The number of hydrogen-bond donors (Lipinski definition) is 1. The van der Waals surface area contributed by atoms with E-state index in [0.717, 1.165) is 26.7 Å². The summed E-state index contributed by atoms with van der Waals surface area (Å²) in [7, 11) is 0. The van der Waals surface area contributed by atoms with Gasteiger partial charge in [-0.15, -0.1) is 0 Å². The fraction of sp³-hybridized carbons (Fsp3) is 0.150. The first-order chi connectivity index (χ1) is 12.1. The minimum absolute atomic E-state index is 0.567. The molecule has 2 aromatic carbocycles. The molecule has 0 fully saturated rings. The molecule has 0 aliphatic heterocycles. The zero-order chi connectivity index (χ0) is 17.9. The maximum Gasteiger partial charge on any atom is 0.0883 e. The standard InChI is InChI=1S/C20H18BrN3O/c1-14-5-3-4-6-19(14)20(15(2)24-25,17-11-12-22-23-13-17)16-7-9-18(21)10-8-16/h3-13,25H,1-2H3/b24-15-/t20-/m1/s1. The van der Waals surface area contributed by atoms with E-state index in [1.165, 1.54) is 0 Å². The van der Waals surface area contributed by atoms with E-state index in [9.17, 15) is 5.21 Å². The van der Waals surface area contributed by atoms with Crippen LogP contribution in [0.2, 0.25) is 0 Å². The van der Waals surface area contributed by atoms with Crippen molar-refractivity contribution in [2.24, 2.45) is 5.16 Å². The van der Waals surface area contributed by atoms with Crippen LogP contribution in [0, 0.1) is 6.92 Å². The molecular formula is C20H18BrN3O. The summed E-state index contributed by atoms with van der Waals surface area (Å²) in [6.45, 7) is 3.89. The summed E-state index contributed by atoms with van der Waals surface area (Å²) in [4.78, 5) is 0. The summed E-state index contributed by atoms with van der Waals surface area (Å²) in [5, 5.41) is 21.3. The topological polar surface area (TPSA) is 58.4 Å². The molecule has 0 aliphatic carbocycles. The average Bonchev–Trinajstić information content (AvgIpc) is 2.65. The van der Waals surface area contributed by atoms with Crippen LogP contribution in [-0.4, -0.2) is 21.1 Å². The molecule has 0 radical (unpaired) electrons. The van der Waals surface area contributed by atoms with E-state index < -0.39 is 5.41 Å². The van der Waals surface area contributed by atoms with Crippen LogP contribution in [0.15, 0.2) is 76.6 Å². The fourth-order valence-corrected chi connectivity index (χ4v) is 3.64. The Bertz CT molecular complexity index is 894. The van der Waals surface area contributed by atoms with Gasteiger partial charge < -0.3 is 5.21 Å². The van der Waals surface area contributed by atoms with Crippen molar-refractivity contribution in [3.05, 3.63) is 93.7 Å². The lowest BCUT2D eigenvalue weighted by molar-refractivity contribution is 0.315. The first-order valence-corrected chi connectivity index (χ1v) is 8.68. The van der Waals surface area contributed by atoms with E-state index in [-0.39, 0.29) is 0 Å². The molecule has 0 amide bonds. The molecule has 0 saturated heterocycles. The van der Waals surface area contributed by atoms with Crippen LogP contribution in [-0.2, 0) is 5.41 Å². The number of nitrogens with zero attached hydrogens (tertiary/aromatic N) is 3. The second-order valence-electron chi connectivity index (χ2n) is 5.89. The maximum absolute atomic E-state index is 9.74. The predicted molar refractivity (Wildman–Crippen MR) is 102 cm³/mol. The molecule has 126 valence electrons. The van der Waals surface area contributed by atoms with Crippen LogP contribution in [0.4, 0.5) is 0 Å². The van der Waals surface area contributed by atoms with Crippen molar-refractivity contribution in [2.75, 3.05) is 0 Å². The highest BCUT2D eigenvalue weighted by atomic mass is 79.9. The zero-order valence-electron chi connectivity index (χ0n) is 14.0. The summed E-state index contributed by atoms with van der Waals surface area (Å²) in [6.07, 6.45) is 3.38. The molecule has 0 aliphatic rings. The van der Waals surface area contributed by atoms with Crippen LogP contribution in [0.25, 0.3) is 0 Å². The van der Waals surface area contributed by atoms with E-state index in [1.54, 1.807) is 12.4 Å². The van der Waals surface area contributed by atoms with Gasteiger partial charge >= 0.3 is 0 Å². The van der Waals surface area contributed by atoms with Crippen molar-refractivity contribution in [1.82, 2.24) is 10.2 Å². The highest BCUT2D eigenvalue weighted by Crippen LogP contribution is 2.42. The number of aromatic nitrogens is 2. The molecule has 4 nitrogen and oxygen atoms in total. The summed E-state index contributed by atoms with van der Waals surface area (Å²) in [5.41, 5.74) is 3.85. The number of aryl methyl sites for hydroxylation is 1. The van der Waals surface area contributed by atoms with Crippen LogP contribution < -0.4 is 0 Å². The highest BCUT2D eigenvalue weighted by molar-refractivity contribution is 9.10. The van der Waals surface area contributed by atoms with Crippen molar-refractivity contribution < 1.29 is 5.21 Å². The van der Waals surface area contributed by atoms with E-state index >= 15 is 0 Å². The van der Waals surface area contributed by atoms with E-state index in [1.807, 2.05) is 49.4 Å². The second kappa shape index (κ2) is 7.15. The van der Waals surface area contributed by atoms with Crippen molar-refractivity contribution in [3.8, 4) is 0 Å². The van der Waals surface area contributed by atoms with Crippen molar-refractivity contribution in [1.29, 1.82) is 0 Å². The van der Waals surface area contributed by atoms with Gasteiger partial charge in [0, 0.05) is 10.7 Å². The molecule has 1 heterocycles. The summed E-state index contributed by atoms with van der Waals surface area (Å²) >= 11 is 3.49. The van der Waals surface area contributed by atoms with E-state index in [2.05, 4.69) is 50.3 Å². The molecule has 0 saturated carbocycles. The Hall–Kier alpha value is -2.53. The monoisotopic (exact) mass is 395 g/mol. The van der Waals surface area contributed by atoms with Gasteiger partial charge in [-0.25, -0.2) is 0 Å². The Balaban J connectivity index is 2.45. The van der Waals surface area contributed by atoms with Gasteiger partial charge in [0.1, 0.15) is 0 Å². The van der Waals surface area contributed by atoms with Crippen LogP contribution >= 0.6 is 15.9 Å². The molecular weight excluding hydrogens is 378 g/mol. The number of halogens is 1. The van der Waals surface area contributed by atoms with Gasteiger partial charge in [0.15, 0.2) is 0 Å². The first-order valence-electron chi connectivity index (χ1n) is 7.89. The first kappa shape index (κ1) is 17.3. The minimum Gasteiger partial charge on any atom is -0.411 e. The average molecular weight is 396 g/mol. The van der Waals surface area contributed by atoms with Gasteiger partial charge in [-0.1, -0.05) is 57.5 Å². The van der Waals surface area contributed by atoms with Gasteiger partial charge in [0.2, 0.25) is 0 Å². The normalized spacial score (nSPS) is 14.1. The van der Waals surface area contributed by atoms with Crippen LogP contribution in [0.1, 0.15) is 29.2 Å². The molecule has 25 heavy (non-hydrogen) atoms. The Kier molecular flexibility index (Phi) is 4.95. The summed E-state index contributed by atoms with van der Waals surface area (Å²) in [6, 6.07) is 18.1. The molecule has 1 aromatic heterocycles. The highest BCUT2D eigenvalue weighted by Gasteiger charge is 2.41. The van der Waals surface area contributed by atoms with Crippen LogP contribution in [0.5, 0.6) is 0 Å². The lowest BCUT2D eigenvalue weighted by Crippen LogP contribution is -2.38. The summed E-state index contributed by atoms with van der Waals surface area (Å²) in [5.74, 6) is 0. The van der Waals surface area contributed by atoms with Crippen molar-refractivity contribution >= 4 is 21.6 Å². The van der Waals surface area contributed by atoms with Gasteiger partial charge in [0.25, 0.3) is 0 Å². The third-order valence-corrected chi connectivity index (χ3v) is 5.06. The van der Waals surface area contributed by atoms with Crippen molar-refractivity contribution in [2.45, 2.75) is 19.3 Å². The zero-order valence-corrected chi connectivity index (χ0v) is 15.6. The quantitative estimate of drug-likeness (QED) is 0.394. The molecule has 3 aromatic rings. The predicted octanol–water partition coefficient (Wildman–Crippen LogP) is 4.73. The maximum atomic E-state index is 9.74. The smallest absolute Gasteiger partial charge is 0.0883 e. The molecule has 5 heteroatoms. The number of hydrogen-bond acceptors (Lipinski definition) is 4. The Labute approximate surface area is 155 Å². The lowest BCUT2D eigenvalue weighted by Gasteiger charge is -2.36. The van der Waals surface area contributed by atoms with Crippen molar-refractivity contribution in [3.63, 3.8) is 0 Å². The largest absolute Gasteiger partial charge is 0.411 e. The van der Waals surface area contributed by atoms with Gasteiger partial charge in [-0.3, -0.25) is 0 Å². The lowest BCUT2D eigenvalue weighted by atomic mass is 9.66. The third kappa shape index (κ3) is 2.96. The Morgan fingerprint density at radius 1 is 1.00 bits per heavy atom. The molecule has 3 rings (SSSR count). The van der Waals surface area contributed by atoms with E-state index in [4.69, 9.17) is 0 Å². The van der Waals surface area contributed by atoms with E-state index in [0.29, 0.717) is 5.71 Å².